The van der Waals surface area contributed by atoms with Crippen molar-refractivity contribution in [2.45, 2.75) is 40.0 Å². The van der Waals surface area contributed by atoms with Gasteiger partial charge in [-0.15, -0.1) is 11.3 Å². The second kappa shape index (κ2) is 7.46. The molecule has 16 heavy (non-hydrogen) atoms. The van der Waals surface area contributed by atoms with Crippen LogP contribution >= 0.6 is 27.3 Å². The summed E-state index contributed by atoms with van der Waals surface area (Å²) in [6, 6.07) is 2.31. The third kappa shape index (κ3) is 4.98. The number of aryl methyl sites for hydroxylation is 2. The lowest BCUT2D eigenvalue weighted by molar-refractivity contribution is 0.475. The van der Waals surface area contributed by atoms with Crippen LogP contribution < -0.4 is 5.32 Å². The van der Waals surface area contributed by atoms with Gasteiger partial charge in [-0.1, -0.05) is 13.8 Å². The molecule has 1 heterocycles. The average molecular weight is 304 g/mol. The predicted octanol–water partition coefficient (Wildman–Crippen LogP) is 4.39. The van der Waals surface area contributed by atoms with Crippen LogP contribution in [0.3, 0.4) is 0 Å². The Hall–Kier alpha value is 0.140. The highest BCUT2D eigenvalue weighted by molar-refractivity contribution is 9.11. The molecule has 0 saturated heterocycles. The predicted molar refractivity (Wildman–Crippen MR) is 77.4 cm³/mol. The molecule has 0 aliphatic heterocycles. The molecule has 0 aromatic carbocycles. The van der Waals surface area contributed by atoms with E-state index in [1.807, 2.05) is 11.3 Å². The minimum atomic E-state index is 0.820. The standard InChI is InChI=1S/C13H22BrNS/c1-4-15-8-7-10(2)5-6-12-9-11(3)13(14)16-12/h9-10,15H,4-8H2,1-3H3. The summed E-state index contributed by atoms with van der Waals surface area (Å²) in [6.45, 7) is 8.93. The molecule has 1 aromatic rings. The third-order valence-corrected chi connectivity index (χ3v) is 5.05. The summed E-state index contributed by atoms with van der Waals surface area (Å²) >= 11 is 5.47. The van der Waals surface area contributed by atoms with E-state index in [0.717, 1.165) is 19.0 Å². The molecule has 1 aromatic heterocycles. The lowest BCUT2D eigenvalue weighted by Crippen LogP contribution is -2.16. The van der Waals surface area contributed by atoms with Crippen LogP contribution in [0.25, 0.3) is 0 Å². The normalized spacial score (nSPS) is 13.0. The Morgan fingerprint density at radius 2 is 2.19 bits per heavy atom. The van der Waals surface area contributed by atoms with E-state index in [2.05, 4.69) is 48.1 Å². The van der Waals surface area contributed by atoms with Gasteiger partial charge in [-0.25, -0.2) is 0 Å². The molecule has 1 nitrogen and oxygen atoms in total. The van der Waals surface area contributed by atoms with Gasteiger partial charge in [0, 0.05) is 4.88 Å². The quantitative estimate of drug-likeness (QED) is 0.737. The van der Waals surface area contributed by atoms with E-state index in [0.29, 0.717) is 0 Å². The molecule has 1 unspecified atom stereocenters. The van der Waals surface area contributed by atoms with Crippen LogP contribution in [0.5, 0.6) is 0 Å². The zero-order valence-electron chi connectivity index (χ0n) is 10.5. The monoisotopic (exact) mass is 303 g/mol. The van der Waals surface area contributed by atoms with Crippen LogP contribution in [-0.4, -0.2) is 13.1 Å². The van der Waals surface area contributed by atoms with Gasteiger partial charge in [-0.3, -0.25) is 0 Å². The van der Waals surface area contributed by atoms with Crippen molar-refractivity contribution >= 4 is 27.3 Å². The van der Waals surface area contributed by atoms with Crippen molar-refractivity contribution in [3.63, 3.8) is 0 Å². The molecule has 0 aliphatic carbocycles. The molecule has 0 amide bonds. The largest absolute Gasteiger partial charge is 0.317 e. The second-order valence-corrected chi connectivity index (χ2v) is 6.91. The van der Waals surface area contributed by atoms with Gasteiger partial charge in [0.1, 0.15) is 0 Å². The van der Waals surface area contributed by atoms with E-state index < -0.39 is 0 Å². The number of rotatable bonds is 7. The Bertz CT molecular complexity index is 289. The molecular weight excluding hydrogens is 282 g/mol. The van der Waals surface area contributed by atoms with Crippen molar-refractivity contribution in [3.05, 3.63) is 20.3 Å². The maximum Gasteiger partial charge on any atom is 0.0730 e. The van der Waals surface area contributed by atoms with Crippen LogP contribution in [0.1, 0.15) is 37.1 Å². The maximum atomic E-state index is 3.58. The fraction of sp³-hybridized carbons (Fsp3) is 0.692. The molecule has 0 bridgehead atoms. The number of nitrogens with one attached hydrogen (secondary N) is 1. The van der Waals surface area contributed by atoms with E-state index in [-0.39, 0.29) is 0 Å². The SMILES string of the molecule is CCNCCC(C)CCc1cc(C)c(Br)s1. The molecule has 0 saturated carbocycles. The number of hydrogen-bond donors (Lipinski definition) is 1. The van der Waals surface area contributed by atoms with Gasteiger partial charge >= 0.3 is 0 Å². The highest BCUT2D eigenvalue weighted by Crippen LogP contribution is 2.28. The summed E-state index contributed by atoms with van der Waals surface area (Å²) in [5, 5.41) is 3.39. The van der Waals surface area contributed by atoms with E-state index in [1.54, 1.807) is 0 Å². The summed E-state index contributed by atoms with van der Waals surface area (Å²) in [4.78, 5) is 1.51. The number of thiophene rings is 1. The first-order chi connectivity index (χ1) is 7.63. The smallest absolute Gasteiger partial charge is 0.0730 e. The Morgan fingerprint density at radius 1 is 1.44 bits per heavy atom. The summed E-state index contributed by atoms with van der Waals surface area (Å²) in [6.07, 6.45) is 3.82. The van der Waals surface area contributed by atoms with Crippen LogP contribution in [0.2, 0.25) is 0 Å². The Kier molecular flexibility index (Phi) is 6.62. The molecule has 0 fully saturated rings. The molecule has 0 aliphatic rings. The number of halogens is 1. The topological polar surface area (TPSA) is 12.0 Å². The molecule has 0 radical (unpaired) electrons. The van der Waals surface area contributed by atoms with Gasteiger partial charge in [0.05, 0.1) is 3.79 Å². The van der Waals surface area contributed by atoms with Gasteiger partial charge in [0.2, 0.25) is 0 Å². The molecular formula is C13H22BrNS. The highest BCUT2D eigenvalue weighted by Gasteiger charge is 2.06. The van der Waals surface area contributed by atoms with Gasteiger partial charge in [-0.05, 0) is 72.8 Å². The van der Waals surface area contributed by atoms with Crippen molar-refractivity contribution in [1.29, 1.82) is 0 Å². The van der Waals surface area contributed by atoms with Gasteiger partial charge < -0.3 is 5.32 Å². The van der Waals surface area contributed by atoms with Crippen LogP contribution in [0, 0.1) is 12.8 Å². The first-order valence-electron chi connectivity index (χ1n) is 6.09. The second-order valence-electron chi connectivity index (χ2n) is 4.46. The molecule has 1 rings (SSSR count). The molecule has 1 atom stereocenters. The fourth-order valence-electron chi connectivity index (χ4n) is 1.70. The fourth-order valence-corrected chi connectivity index (χ4v) is 3.35. The van der Waals surface area contributed by atoms with Crippen LogP contribution in [0.4, 0.5) is 0 Å². The van der Waals surface area contributed by atoms with Crippen LogP contribution in [0.15, 0.2) is 9.85 Å². The highest BCUT2D eigenvalue weighted by atomic mass is 79.9. The van der Waals surface area contributed by atoms with E-state index in [9.17, 15) is 0 Å². The average Bonchev–Trinajstić information content (AvgIpc) is 2.56. The molecule has 92 valence electrons. The lowest BCUT2D eigenvalue weighted by Gasteiger charge is -2.10. The van der Waals surface area contributed by atoms with Gasteiger partial charge in [-0.2, -0.15) is 0 Å². The Labute approximate surface area is 112 Å². The maximum absolute atomic E-state index is 3.58. The molecule has 0 spiro atoms. The van der Waals surface area contributed by atoms with Gasteiger partial charge in [0.25, 0.3) is 0 Å². The van der Waals surface area contributed by atoms with Crippen molar-refractivity contribution in [1.82, 2.24) is 5.32 Å². The van der Waals surface area contributed by atoms with Crippen LogP contribution in [-0.2, 0) is 6.42 Å². The summed E-state index contributed by atoms with van der Waals surface area (Å²) in [5.74, 6) is 0.820. The minimum Gasteiger partial charge on any atom is -0.317 e. The van der Waals surface area contributed by atoms with Crippen molar-refractivity contribution < 1.29 is 0 Å². The van der Waals surface area contributed by atoms with E-state index in [4.69, 9.17) is 0 Å². The van der Waals surface area contributed by atoms with Crippen molar-refractivity contribution in [3.8, 4) is 0 Å². The molecule has 3 heteroatoms. The van der Waals surface area contributed by atoms with Crippen molar-refractivity contribution in [2.75, 3.05) is 13.1 Å². The first-order valence-corrected chi connectivity index (χ1v) is 7.70. The zero-order chi connectivity index (χ0) is 12.0. The third-order valence-electron chi connectivity index (χ3n) is 2.86. The Morgan fingerprint density at radius 3 is 2.75 bits per heavy atom. The summed E-state index contributed by atoms with van der Waals surface area (Å²) < 4.78 is 1.29. The summed E-state index contributed by atoms with van der Waals surface area (Å²) in [7, 11) is 0. The first kappa shape index (κ1) is 14.2. The van der Waals surface area contributed by atoms with Crippen molar-refractivity contribution in [2.24, 2.45) is 5.92 Å². The zero-order valence-corrected chi connectivity index (χ0v) is 12.9. The van der Waals surface area contributed by atoms with E-state index >= 15 is 0 Å². The lowest BCUT2D eigenvalue weighted by atomic mass is 10.0. The van der Waals surface area contributed by atoms with E-state index in [1.165, 1.54) is 33.5 Å². The minimum absolute atomic E-state index is 0.820. The van der Waals surface area contributed by atoms with Gasteiger partial charge in [0.15, 0.2) is 0 Å². The molecule has 1 N–H and O–H groups in total. The summed E-state index contributed by atoms with van der Waals surface area (Å²) in [5.41, 5.74) is 1.38. The number of hydrogen-bond acceptors (Lipinski definition) is 2. The Balaban J connectivity index is 2.23.